The Morgan fingerprint density at radius 3 is 2.21 bits per heavy atom. The second-order valence-corrected chi connectivity index (χ2v) is 6.92. The van der Waals surface area contributed by atoms with Crippen molar-refractivity contribution in [3.63, 3.8) is 0 Å². The van der Waals surface area contributed by atoms with Gasteiger partial charge in [0.15, 0.2) is 9.84 Å². The zero-order chi connectivity index (χ0) is 17.7. The minimum atomic E-state index is -3.65. The summed E-state index contributed by atoms with van der Waals surface area (Å²) in [6.45, 7) is 0. The van der Waals surface area contributed by atoms with Crippen LogP contribution in [0.4, 0.5) is 0 Å². The van der Waals surface area contributed by atoms with Gasteiger partial charge in [0.05, 0.1) is 32.0 Å². The largest absolute Gasteiger partial charge is 0.497 e. The van der Waals surface area contributed by atoms with Crippen molar-refractivity contribution in [2.45, 2.75) is 10.6 Å². The van der Waals surface area contributed by atoms with Crippen molar-refractivity contribution in [3.8, 4) is 11.5 Å². The van der Waals surface area contributed by atoms with Gasteiger partial charge in [-0.05, 0) is 23.8 Å². The molecule has 0 radical (unpaired) electrons. The number of esters is 1. The lowest BCUT2D eigenvalue weighted by molar-refractivity contribution is 0.0596. The van der Waals surface area contributed by atoms with Gasteiger partial charge in [0, 0.05) is 6.07 Å². The Balaban J connectivity index is 2.58. The van der Waals surface area contributed by atoms with Crippen molar-refractivity contribution in [3.05, 3.63) is 53.6 Å². The summed E-state index contributed by atoms with van der Waals surface area (Å²) < 4.78 is 40.4. The minimum Gasteiger partial charge on any atom is -0.497 e. The number of hydrogen-bond donors (Lipinski definition) is 0. The second-order valence-electron chi connectivity index (χ2n) is 4.93. The maximum atomic E-state index is 12.6. The van der Waals surface area contributed by atoms with E-state index in [0.717, 1.165) is 0 Å². The fourth-order valence-corrected chi connectivity index (χ4v) is 3.66. The maximum Gasteiger partial charge on any atom is 0.341 e. The molecule has 24 heavy (non-hydrogen) atoms. The van der Waals surface area contributed by atoms with E-state index in [4.69, 9.17) is 14.2 Å². The third-order valence-electron chi connectivity index (χ3n) is 3.45. The Hall–Kier alpha value is -2.54. The molecule has 0 spiro atoms. The number of hydrogen-bond acceptors (Lipinski definition) is 6. The summed E-state index contributed by atoms with van der Waals surface area (Å²) >= 11 is 0. The molecule has 0 aliphatic carbocycles. The van der Waals surface area contributed by atoms with E-state index < -0.39 is 15.8 Å². The average molecular weight is 350 g/mol. The van der Waals surface area contributed by atoms with Crippen LogP contribution in [0, 0.1) is 0 Å². The fraction of sp³-hybridized carbons (Fsp3) is 0.235. The highest BCUT2D eigenvalue weighted by Crippen LogP contribution is 2.31. The molecule has 6 nitrogen and oxygen atoms in total. The molecule has 0 heterocycles. The van der Waals surface area contributed by atoms with Gasteiger partial charge in [-0.15, -0.1) is 0 Å². The molecule has 2 aromatic rings. The van der Waals surface area contributed by atoms with Crippen LogP contribution in [0.15, 0.2) is 47.4 Å². The summed E-state index contributed by atoms with van der Waals surface area (Å²) in [5.74, 6) is -0.473. The van der Waals surface area contributed by atoms with Crippen LogP contribution in [-0.2, 0) is 20.3 Å². The molecule has 2 rings (SSSR count). The van der Waals surface area contributed by atoms with E-state index in [1.165, 1.54) is 45.6 Å². The van der Waals surface area contributed by atoms with Gasteiger partial charge in [0.1, 0.15) is 17.1 Å². The number of ether oxygens (including phenoxy) is 3. The van der Waals surface area contributed by atoms with E-state index in [9.17, 15) is 13.2 Å². The first-order valence-corrected chi connectivity index (χ1v) is 8.69. The summed E-state index contributed by atoms with van der Waals surface area (Å²) in [5.41, 5.74) is 0.321. The SMILES string of the molecule is COC(=O)c1c(CS(=O)(=O)c2ccccc2)cc(OC)cc1OC. The van der Waals surface area contributed by atoms with Crippen LogP contribution < -0.4 is 9.47 Å². The molecule has 0 saturated heterocycles. The third kappa shape index (κ3) is 3.68. The van der Waals surface area contributed by atoms with Gasteiger partial charge >= 0.3 is 5.97 Å². The molecule has 2 aromatic carbocycles. The molecule has 0 aliphatic heterocycles. The van der Waals surface area contributed by atoms with E-state index in [1.807, 2.05) is 0 Å². The smallest absolute Gasteiger partial charge is 0.341 e. The first-order valence-electron chi connectivity index (χ1n) is 7.04. The van der Waals surface area contributed by atoms with Crippen LogP contribution in [0.5, 0.6) is 11.5 Å². The highest BCUT2D eigenvalue weighted by molar-refractivity contribution is 7.90. The number of sulfone groups is 1. The van der Waals surface area contributed by atoms with Crippen molar-refractivity contribution in [2.75, 3.05) is 21.3 Å². The predicted octanol–water partition coefficient (Wildman–Crippen LogP) is 2.46. The average Bonchev–Trinajstić information content (AvgIpc) is 2.60. The van der Waals surface area contributed by atoms with Gasteiger partial charge < -0.3 is 14.2 Å². The van der Waals surface area contributed by atoms with E-state index in [1.54, 1.807) is 18.2 Å². The predicted molar refractivity (Wildman–Crippen MR) is 88.2 cm³/mol. The molecule has 0 aromatic heterocycles. The van der Waals surface area contributed by atoms with Gasteiger partial charge in [-0.2, -0.15) is 0 Å². The molecule has 0 fully saturated rings. The second kappa shape index (κ2) is 7.35. The van der Waals surface area contributed by atoms with E-state index in [-0.39, 0.29) is 27.5 Å². The van der Waals surface area contributed by atoms with E-state index >= 15 is 0 Å². The molecule has 0 amide bonds. The third-order valence-corrected chi connectivity index (χ3v) is 5.13. The van der Waals surface area contributed by atoms with Gasteiger partial charge in [-0.25, -0.2) is 13.2 Å². The van der Waals surface area contributed by atoms with Crippen LogP contribution in [0.25, 0.3) is 0 Å². The van der Waals surface area contributed by atoms with Crippen LogP contribution in [0.3, 0.4) is 0 Å². The molecule has 0 bridgehead atoms. The molecule has 0 unspecified atom stereocenters. The molecule has 0 aliphatic rings. The Morgan fingerprint density at radius 2 is 1.67 bits per heavy atom. The van der Waals surface area contributed by atoms with Crippen molar-refractivity contribution < 1.29 is 27.4 Å². The first kappa shape index (κ1) is 17.8. The summed E-state index contributed by atoms with van der Waals surface area (Å²) in [5, 5.41) is 0. The van der Waals surface area contributed by atoms with Crippen LogP contribution in [0.1, 0.15) is 15.9 Å². The number of methoxy groups -OCH3 is 3. The Bertz CT molecular complexity index is 828. The van der Waals surface area contributed by atoms with Crippen molar-refractivity contribution in [2.24, 2.45) is 0 Å². The van der Waals surface area contributed by atoms with Crippen LogP contribution >= 0.6 is 0 Å². The van der Waals surface area contributed by atoms with Crippen molar-refractivity contribution in [1.82, 2.24) is 0 Å². The molecular formula is C17H18O6S. The highest BCUT2D eigenvalue weighted by atomic mass is 32.2. The normalized spacial score (nSPS) is 11.0. The number of carbonyl (C=O) groups is 1. The van der Waals surface area contributed by atoms with E-state index in [2.05, 4.69) is 0 Å². The first-order chi connectivity index (χ1) is 11.4. The molecule has 128 valence electrons. The summed E-state index contributed by atoms with van der Waals surface area (Å²) in [6.07, 6.45) is 0. The van der Waals surface area contributed by atoms with Gasteiger partial charge in [-0.3, -0.25) is 0 Å². The lowest BCUT2D eigenvalue weighted by Gasteiger charge is -2.14. The Morgan fingerprint density at radius 1 is 1.00 bits per heavy atom. The van der Waals surface area contributed by atoms with Crippen molar-refractivity contribution in [1.29, 1.82) is 0 Å². The lowest BCUT2D eigenvalue weighted by Crippen LogP contribution is -2.13. The topological polar surface area (TPSA) is 78.9 Å². The Labute approximate surface area is 140 Å². The van der Waals surface area contributed by atoms with Gasteiger partial charge in [0.2, 0.25) is 0 Å². The zero-order valence-corrected chi connectivity index (χ0v) is 14.4. The van der Waals surface area contributed by atoms with E-state index in [0.29, 0.717) is 5.75 Å². The zero-order valence-electron chi connectivity index (χ0n) is 13.6. The minimum absolute atomic E-state index is 0.0697. The molecule has 0 N–H and O–H groups in total. The molecule has 0 saturated carbocycles. The fourth-order valence-electron chi connectivity index (χ4n) is 2.29. The highest BCUT2D eigenvalue weighted by Gasteiger charge is 2.25. The monoisotopic (exact) mass is 350 g/mol. The van der Waals surface area contributed by atoms with Gasteiger partial charge in [-0.1, -0.05) is 18.2 Å². The van der Waals surface area contributed by atoms with Crippen LogP contribution in [-0.4, -0.2) is 35.7 Å². The molecule has 0 atom stereocenters. The number of benzene rings is 2. The quantitative estimate of drug-likeness (QED) is 0.745. The maximum absolute atomic E-state index is 12.6. The Kier molecular flexibility index (Phi) is 5.46. The summed E-state index contributed by atoms with van der Waals surface area (Å²) in [6, 6.07) is 11.0. The molecule has 7 heteroatoms. The summed E-state index contributed by atoms with van der Waals surface area (Å²) in [7, 11) is 0.409. The standard InChI is InChI=1S/C17H18O6S/c1-21-13-9-12(16(17(18)23-3)15(10-13)22-2)11-24(19,20)14-7-5-4-6-8-14/h4-10H,11H2,1-3H3. The lowest BCUT2D eigenvalue weighted by atomic mass is 10.1. The number of carbonyl (C=O) groups excluding carboxylic acids is 1. The summed E-state index contributed by atoms with van der Waals surface area (Å²) in [4.78, 5) is 12.3. The van der Waals surface area contributed by atoms with Crippen LogP contribution in [0.2, 0.25) is 0 Å². The number of rotatable bonds is 6. The van der Waals surface area contributed by atoms with Gasteiger partial charge in [0.25, 0.3) is 0 Å². The molecular weight excluding hydrogens is 332 g/mol. The van der Waals surface area contributed by atoms with Crippen molar-refractivity contribution >= 4 is 15.8 Å².